The smallest absolute Gasteiger partial charge is 0.185 e. The Hall–Kier alpha value is -2.75. The van der Waals surface area contributed by atoms with Crippen LogP contribution in [0.15, 0.2) is 36.4 Å². The molecule has 0 fully saturated rings. The van der Waals surface area contributed by atoms with Gasteiger partial charge in [-0.05, 0) is 80.3 Å². The van der Waals surface area contributed by atoms with E-state index in [9.17, 15) is 9.90 Å². The van der Waals surface area contributed by atoms with Gasteiger partial charge in [-0.2, -0.15) is 0 Å². The summed E-state index contributed by atoms with van der Waals surface area (Å²) < 4.78 is 6.08. The van der Waals surface area contributed by atoms with Gasteiger partial charge in [-0.3, -0.25) is 4.79 Å². The van der Waals surface area contributed by atoms with E-state index in [1.54, 1.807) is 18.2 Å². The van der Waals surface area contributed by atoms with Crippen LogP contribution in [0.3, 0.4) is 0 Å². The normalized spacial score (nSPS) is 11.2. The molecule has 0 bridgehead atoms. The van der Waals surface area contributed by atoms with E-state index in [1.807, 2.05) is 33.0 Å². The summed E-state index contributed by atoms with van der Waals surface area (Å²) in [5.41, 5.74) is 4.12. The van der Waals surface area contributed by atoms with Crippen molar-refractivity contribution in [3.8, 4) is 11.5 Å². The maximum atomic E-state index is 12.7. The molecule has 0 aliphatic rings. The molecule has 4 heteroatoms. The highest BCUT2D eigenvalue weighted by Crippen LogP contribution is 2.38. The molecule has 2 rings (SSSR count). The monoisotopic (exact) mass is 395 g/mol. The lowest BCUT2D eigenvalue weighted by atomic mass is 9.96. The van der Waals surface area contributed by atoms with Crippen molar-refractivity contribution >= 4 is 17.5 Å². The van der Waals surface area contributed by atoms with E-state index in [4.69, 9.17) is 4.74 Å². The van der Waals surface area contributed by atoms with Crippen LogP contribution in [0.4, 0.5) is 5.69 Å². The van der Waals surface area contributed by atoms with Crippen molar-refractivity contribution in [2.45, 2.75) is 59.5 Å². The summed E-state index contributed by atoms with van der Waals surface area (Å²) >= 11 is 0. The second kappa shape index (κ2) is 10.7. The third-order valence-electron chi connectivity index (χ3n) is 4.70. The van der Waals surface area contributed by atoms with E-state index in [-0.39, 0.29) is 17.6 Å². The SMILES string of the molecule is CCCc1cc(CCC)c(OC(C)C)c(/C=C/C(=O)c2ccc(NC)cc2)c1O. The molecular weight excluding hydrogens is 362 g/mol. The summed E-state index contributed by atoms with van der Waals surface area (Å²) in [5, 5.41) is 13.9. The second-order valence-corrected chi connectivity index (χ2v) is 7.48. The summed E-state index contributed by atoms with van der Waals surface area (Å²) in [4.78, 5) is 12.7. The van der Waals surface area contributed by atoms with Gasteiger partial charge >= 0.3 is 0 Å². The minimum atomic E-state index is -0.111. The number of anilines is 1. The predicted octanol–water partition coefficient (Wildman–Crippen LogP) is 6.02. The second-order valence-electron chi connectivity index (χ2n) is 7.48. The van der Waals surface area contributed by atoms with Crippen molar-refractivity contribution in [3.63, 3.8) is 0 Å². The maximum Gasteiger partial charge on any atom is 0.185 e. The van der Waals surface area contributed by atoms with Crippen LogP contribution in [0.5, 0.6) is 11.5 Å². The summed E-state index contributed by atoms with van der Waals surface area (Å²) in [6.07, 6.45) is 6.74. The minimum Gasteiger partial charge on any atom is -0.507 e. The Labute approximate surface area is 174 Å². The number of aromatic hydroxyl groups is 1. The number of carbonyl (C=O) groups excluding carboxylic acids is 1. The maximum absolute atomic E-state index is 12.7. The first-order chi connectivity index (χ1) is 13.9. The van der Waals surface area contributed by atoms with Gasteiger partial charge in [0.05, 0.1) is 11.7 Å². The molecule has 156 valence electrons. The molecular formula is C25H33NO3. The molecule has 0 heterocycles. The first-order valence-corrected chi connectivity index (χ1v) is 10.5. The van der Waals surface area contributed by atoms with E-state index in [2.05, 4.69) is 25.2 Å². The molecule has 0 spiro atoms. The van der Waals surface area contributed by atoms with Crippen LogP contribution in [-0.4, -0.2) is 24.0 Å². The number of allylic oxidation sites excluding steroid dienone is 1. The number of hydrogen-bond donors (Lipinski definition) is 2. The summed E-state index contributed by atoms with van der Waals surface area (Å²) in [6, 6.07) is 9.37. The van der Waals surface area contributed by atoms with Crippen molar-refractivity contribution in [1.82, 2.24) is 0 Å². The van der Waals surface area contributed by atoms with Crippen LogP contribution in [0.25, 0.3) is 6.08 Å². The Morgan fingerprint density at radius 3 is 2.28 bits per heavy atom. The van der Waals surface area contributed by atoms with Crippen LogP contribution in [-0.2, 0) is 12.8 Å². The average molecular weight is 396 g/mol. The number of rotatable bonds is 10. The number of ketones is 1. The summed E-state index contributed by atoms with van der Waals surface area (Å²) in [5.74, 6) is 0.770. The fourth-order valence-electron chi connectivity index (χ4n) is 3.30. The molecule has 0 radical (unpaired) electrons. The van der Waals surface area contributed by atoms with Crippen LogP contribution in [0.2, 0.25) is 0 Å². The number of phenolic OH excluding ortho intramolecular Hbond substituents is 1. The number of nitrogens with one attached hydrogen (secondary N) is 1. The molecule has 0 saturated heterocycles. The number of benzene rings is 2. The molecule has 2 aromatic rings. The molecule has 0 atom stereocenters. The topological polar surface area (TPSA) is 58.6 Å². The number of hydrogen-bond acceptors (Lipinski definition) is 4. The lowest BCUT2D eigenvalue weighted by Crippen LogP contribution is -2.10. The molecule has 0 saturated carbocycles. The van der Waals surface area contributed by atoms with Crippen LogP contribution in [0.1, 0.15) is 67.6 Å². The summed E-state index contributed by atoms with van der Waals surface area (Å²) in [7, 11) is 1.84. The van der Waals surface area contributed by atoms with Crippen molar-refractivity contribution in [2.75, 3.05) is 12.4 Å². The Bertz CT molecular complexity index is 851. The zero-order chi connectivity index (χ0) is 21.4. The molecule has 2 aromatic carbocycles. The van der Waals surface area contributed by atoms with Crippen LogP contribution < -0.4 is 10.1 Å². The molecule has 29 heavy (non-hydrogen) atoms. The van der Waals surface area contributed by atoms with Gasteiger partial charge in [-0.1, -0.05) is 26.7 Å². The lowest BCUT2D eigenvalue weighted by Gasteiger charge is -2.20. The average Bonchev–Trinajstić information content (AvgIpc) is 2.70. The van der Waals surface area contributed by atoms with Crippen molar-refractivity contribution in [3.05, 3.63) is 58.7 Å². The molecule has 0 amide bonds. The highest BCUT2D eigenvalue weighted by atomic mass is 16.5. The number of phenols is 1. The van der Waals surface area contributed by atoms with E-state index in [0.29, 0.717) is 16.9 Å². The van der Waals surface area contributed by atoms with Crippen molar-refractivity contribution < 1.29 is 14.6 Å². The highest BCUT2D eigenvalue weighted by molar-refractivity contribution is 6.07. The van der Waals surface area contributed by atoms with Gasteiger partial charge in [0.25, 0.3) is 0 Å². The quantitative estimate of drug-likeness (QED) is 0.381. The van der Waals surface area contributed by atoms with E-state index in [1.165, 1.54) is 6.08 Å². The molecule has 0 unspecified atom stereocenters. The Morgan fingerprint density at radius 1 is 1.10 bits per heavy atom. The zero-order valence-corrected chi connectivity index (χ0v) is 18.2. The van der Waals surface area contributed by atoms with Gasteiger partial charge in [0.15, 0.2) is 5.78 Å². The summed E-state index contributed by atoms with van der Waals surface area (Å²) in [6.45, 7) is 8.15. The van der Waals surface area contributed by atoms with Crippen molar-refractivity contribution in [1.29, 1.82) is 0 Å². The van der Waals surface area contributed by atoms with E-state index < -0.39 is 0 Å². The number of ether oxygens (including phenoxy) is 1. The fourth-order valence-corrected chi connectivity index (χ4v) is 3.30. The molecule has 4 nitrogen and oxygen atoms in total. The lowest BCUT2D eigenvalue weighted by molar-refractivity contribution is 0.104. The van der Waals surface area contributed by atoms with E-state index in [0.717, 1.165) is 42.5 Å². The van der Waals surface area contributed by atoms with Gasteiger partial charge in [-0.15, -0.1) is 0 Å². The minimum absolute atomic E-state index is 0.0287. The molecule has 0 aromatic heterocycles. The van der Waals surface area contributed by atoms with Crippen LogP contribution >= 0.6 is 0 Å². The Kier molecular flexibility index (Phi) is 8.32. The highest BCUT2D eigenvalue weighted by Gasteiger charge is 2.18. The van der Waals surface area contributed by atoms with Gasteiger partial charge in [0.1, 0.15) is 11.5 Å². The number of carbonyl (C=O) groups is 1. The number of aryl methyl sites for hydroxylation is 2. The molecule has 2 N–H and O–H groups in total. The standard InChI is InChI=1S/C25H33NO3/c1-6-8-19-16-20(9-7-2)25(29-17(3)4)22(24(19)28)14-15-23(27)18-10-12-21(26-5)13-11-18/h10-17,26,28H,6-9H2,1-5H3/b15-14+. The van der Waals surface area contributed by atoms with Crippen LogP contribution in [0, 0.1) is 0 Å². The molecule has 0 aliphatic carbocycles. The third kappa shape index (κ3) is 5.86. The predicted molar refractivity (Wildman–Crippen MR) is 121 cm³/mol. The largest absolute Gasteiger partial charge is 0.507 e. The Morgan fingerprint density at radius 2 is 1.72 bits per heavy atom. The van der Waals surface area contributed by atoms with Gasteiger partial charge in [0.2, 0.25) is 0 Å². The van der Waals surface area contributed by atoms with Gasteiger partial charge < -0.3 is 15.2 Å². The van der Waals surface area contributed by atoms with Crippen molar-refractivity contribution in [2.24, 2.45) is 0 Å². The third-order valence-corrected chi connectivity index (χ3v) is 4.70. The van der Waals surface area contributed by atoms with E-state index >= 15 is 0 Å². The zero-order valence-electron chi connectivity index (χ0n) is 18.2. The van der Waals surface area contributed by atoms with Gasteiger partial charge in [0, 0.05) is 18.3 Å². The first-order valence-electron chi connectivity index (χ1n) is 10.5. The first kappa shape index (κ1) is 22.5. The fraction of sp³-hybridized carbons (Fsp3) is 0.400. The van der Waals surface area contributed by atoms with Gasteiger partial charge in [-0.25, -0.2) is 0 Å². The molecule has 0 aliphatic heterocycles. The Balaban J connectivity index is 2.48.